The number of nitriles is 1. The van der Waals surface area contributed by atoms with Crippen molar-refractivity contribution >= 4 is 23.9 Å². The monoisotopic (exact) mass is 237 g/mol. The van der Waals surface area contributed by atoms with Gasteiger partial charge >= 0.3 is 5.97 Å². The van der Waals surface area contributed by atoms with Gasteiger partial charge in [0.1, 0.15) is 6.07 Å². The van der Waals surface area contributed by atoms with E-state index in [9.17, 15) is 9.59 Å². The Labute approximate surface area is 97.4 Å². The zero-order valence-electron chi connectivity index (χ0n) is 8.49. The maximum atomic E-state index is 11.6. The van der Waals surface area contributed by atoms with Gasteiger partial charge in [0.25, 0.3) is 0 Å². The minimum absolute atomic E-state index is 0.0373. The lowest BCUT2D eigenvalue weighted by atomic mass is 10.0. The molecule has 5 heteroatoms. The minimum atomic E-state index is -0.719. The van der Waals surface area contributed by atoms with E-state index in [0.29, 0.717) is 6.29 Å². The maximum absolute atomic E-state index is 11.6. The number of carbonyl (C=O) groups excluding carboxylic acids is 2. The Morgan fingerprint density at radius 1 is 1.62 bits per heavy atom. The number of ether oxygens (including phenoxy) is 1. The number of aldehydes is 1. The van der Waals surface area contributed by atoms with Crippen molar-refractivity contribution in [1.29, 1.82) is 5.26 Å². The molecule has 0 amide bonds. The van der Waals surface area contributed by atoms with Gasteiger partial charge in [-0.3, -0.25) is 4.79 Å². The van der Waals surface area contributed by atoms with Crippen LogP contribution < -0.4 is 0 Å². The Morgan fingerprint density at radius 2 is 2.31 bits per heavy atom. The highest BCUT2D eigenvalue weighted by atomic mass is 35.5. The Hall–Kier alpha value is -1.86. The van der Waals surface area contributed by atoms with Gasteiger partial charge in [-0.15, -0.1) is 0 Å². The summed E-state index contributed by atoms with van der Waals surface area (Å²) in [6.07, 6.45) is 0.490. The van der Waals surface area contributed by atoms with E-state index in [1.807, 2.05) is 0 Å². The van der Waals surface area contributed by atoms with Crippen LogP contribution in [0.1, 0.15) is 33.2 Å². The molecule has 0 unspecified atom stereocenters. The minimum Gasteiger partial charge on any atom is -0.462 e. The zero-order valence-corrected chi connectivity index (χ0v) is 9.25. The Kier molecular flexibility index (Phi) is 4.03. The van der Waals surface area contributed by atoms with Crippen LogP contribution in [-0.2, 0) is 4.74 Å². The van der Waals surface area contributed by atoms with Crippen molar-refractivity contribution < 1.29 is 14.3 Å². The number of carbonyl (C=O) groups is 2. The van der Waals surface area contributed by atoms with Crippen molar-refractivity contribution in [3.05, 3.63) is 33.8 Å². The molecule has 0 saturated heterocycles. The molecule has 0 fully saturated rings. The first-order chi connectivity index (χ1) is 7.65. The van der Waals surface area contributed by atoms with Crippen LogP contribution in [0.5, 0.6) is 0 Å². The Morgan fingerprint density at radius 3 is 2.81 bits per heavy atom. The third-order valence-corrected chi connectivity index (χ3v) is 2.22. The molecule has 16 heavy (non-hydrogen) atoms. The lowest BCUT2D eigenvalue weighted by Gasteiger charge is -2.07. The number of rotatable bonds is 3. The van der Waals surface area contributed by atoms with Crippen molar-refractivity contribution in [2.24, 2.45) is 0 Å². The zero-order chi connectivity index (χ0) is 12.1. The average molecular weight is 238 g/mol. The standard InChI is InChI=1S/C11H8ClNO3/c1-2-16-11(15)10-7(6-14)3-4-9(12)8(10)5-13/h3-4,6H,2H2,1H3. The van der Waals surface area contributed by atoms with Gasteiger partial charge in [-0.1, -0.05) is 11.6 Å². The molecule has 0 aromatic heterocycles. The predicted octanol–water partition coefficient (Wildman–Crippen LogP) is 2.20. The summed E-state index contributed by atoms with van der Waals surface area (Å²) in [5.74, 6) is -0.719. The van der Waals surface area contributed by atoms with Gasteiger partial charge in [-0.2, -0.15) is 5.26 Å². The molecule has 82 valence electrons. The van der Waals surface area contributed by atoms with E-state index in [2.05, 4.69) is 0 Å². The second-order valence-corrected chi connectivity index (χ2v) is 3.24. The first-order valence-corrected chi connectivity index (χ1v) is 4.88. The van der Waals surface area contributed by atoms with Crippen LogP contribution in [0.2, 0.25) is 5.02 Å². The number of halogens is 1. The second-order valence-electron chi connectivity index (χ2n) is 2.84. The summed E-state index contributed by atoms with van der Waals surface area (Å²) in [6, 6.07) is 4.56. The summed E-state index contributed by atoms with van der Waals surface area (Å²) < 4.78 is 4.76. The first-order valence-electron chi connectivity index (χ1n) is 4.50. The van der Waals surface area contributed by atoms with Crippen LogP contribution in [0.25, 0.3) is 0 Å². The molecule has 0 radical (unpaired) electrons. The van der Waals surface area contributed by atoms with Crippen molar-refractivity contribution in [3.8, 4) is 6.07 Å². The second kappa shape index (κ2) is 5.29. The van der Waals surface area contributed by atoms with E-state index in [-0.39, 0.29) is 28.3 Å². The van der Waals surface area contributed by atoms with E-state index in [4.69, 9.17) is 21.6 Å². The Bertz CT molecular complexity index is 477. The fourth-order valence-electron chi connectivity index (χ4n) is 1.22. The average Bonchev–Trinajstić information content (AvgIpc) is 2.28. The molecule has 0 bridgehead atoms. The molecule has 4 nitrogen and oxygen atoms in total. The van der Waals surface area contributed by atoms with Gasteiger partial charge in [0, 0.05) is 5.56 Å². The summed E-state index contributed by atoms with van der Waals surface area (Å²) in [5, 5.41) is 9.00. The lowest BCUT2D eigenvalue weighted by Crippen LogP contribution is -2.10. The van der Waals surface area contributed by atoms with Gasteiger partial charge in [-0.05, 0) is 19.1 Å². The fourth-order valence-corrected chi connectivity index (χ4v) is 1.42. The molecule has 1 rings (SSSR count). The van der Waals surface area contributed by atoms with Crippen LogP contribution in [0, 0.1) is 11.3 Å². The van der Waals surface area contributed by atoms with Crippen molar-refractivity contribution in [1.82, 2.24) is 0 Å². The summed E-state index contributed by atoms with van der Waals surface area (Å²) in [6.45, 7) is 1.80. The molecule has 0 spiro atoms. The Balaban J connectivity index is 3.43. The highest BCUT2D eigenvalue weighted by Gasteiger charge is 2.19. The van der Waals surface area contributed by atoms with E-state index in [0.717, 1.165) is 0 Å². The van der Waals surface area contributed by atoms with Crippen LogP contribution in [0.4, 0.5) is 0 Å². The van der Waals surface area contributed by atoms with Crippen molar-refractivity contribution in [2.45, 2.75) is 6.92 Å². The molecule has 0 N–H and O–H groups in total. The number of hydrogen-bond acceptors (Lipinski definition) is 4. The number of esters is 1. The van der Waals surface area contributed by atoms with Crippen LogP contribution in [-0.4, -0.2) is 18.9 Å². The van der Waals surface area contributed by atoms with Gasteiger partial charge in [0.15, 0.2) is 6.29 Å². The number of benzene rings is 1. The highest BCUT2D eigenvalue weighted by molar-refractivity contribution is 6.32. The molecular weight excluding hydrogens is 230 g/mol. The molecule has 0 saturated carbocycles. The molecule has 0 atom stereocenters. The lowest BCUT2D eigenvalue weighted by molar-refractivity contribution is 0.0524. The highest BCUT2D eigenvalue weighted by Crippen LogP contribution is 2.22. The van der Waals surface area contributed by atoms with Gasteiger partial charge < -0.3 is 4.74 Å². The summed E-state index contributed by atoms with van der Waals surface area (Å²) >= 11 is 5.76. The molecule has 0 aliphatic carbocycles. The van der Waals surface area contributed by atoms with Gasteiger partial charge in [0.05, 0.1) is 22.8 Å². The smallest absolute Gasteiger partial charge is 0.340 e. The first kappa shape index (κ1) is 12.2. The summed E-state index contributed by atoms with van der Waals surface area (Å²) in [7, 11) is 0. The topological polar surface area (TPSA) is 67.2 Å². The van der Waals surface area contributed by atoms with Crippen LogP contribution in [0.3, 0.4) is 0 Å². The van der Waals surface area contributed by atoms with Crippen LogP contribution >= 0.6 is 11.6 Å². The fraction of sp³-hybridized carbons (Fsp3) is 0.182. The van der Waals surface area contributed by atoms with Crippen molar-refractivity contribution in [2.75, 3.05) is 6.61 Å². The van der Waals surface area contributed by atoms with Gasteiger partial charge in [0.2, 0.25) is 0 Å². The predicted molar refractivity (Wildman–Crippen MR) is 57.5 cm³/mol. The van der Waals surface area contributed by atoms with Crippen molar-refractivity contribution in [3.63, 3.8) is 0 Å². The van der Waals surface area contributed by atoms with Crippen LogP contribution in [0.15, 0.2) is 12.1 Å². The molecule has 1 aromatic rings. The quantitative estimate of drug-likeness (QED) is 0.597. The number of hydrogen-bond donors (Lipinski definition) is 0. The van der Waals surface area contributed by atoms with E-state index < -0.39 is 5.97 Å². The molecule has 0 heterocycles. The molecule has 0 aliphatic rings. The van der Waals surface area contributed by atoms with E-state index in [1.54, 1.807) is 13.0 Å². The molecular formula is C11H8ClNO3. The summed E-state index contributed by atoms with van der Waals surface area (Å²) in [5.41, 5.74) is -0.0176. The van der Waals surface area contributed by atoms with E-state index >= 15 is 0 Å². The normalized spacial score (nSPS) is 9.31. The molecule has 0 aliphatic heterocycles. The summed E-state index contributed by atoms with van der Waals surface area (Å²) in [4.78, 5) is 22.3. The third kappa shape index (κ3) is 2.20. The van der Waals surface area contributed by atoms with Gasteiger partial charge in [-0.25, -0.2) is 4.79 Å². The number of nitrogens with zero attached hydrogens (tertiary/aromatic N) is 1. The maximum Gasteiger partial charge on any atom is 0.340 e. The SMILES string of the molecule is CCOC(=O)c1c(C=O)ccc(Cl)c1C#N. The third-order valence-electron chi connectivity index (χ3n) is 1.91. The largest absolute Gasteiger partial charge is 0.462 e. The van der Waals surface area contributed by atoms with E-state index in [1.165, 1.54) is 12.1 Å². The molecule has 1 aromatic carbocycles.